The normalized spacial score (nSPS) is 21.1. The standard InChI is InChI=1S/C14H17NO3/c1-5-6-9-8(2)12-13(15(9)3)10(16)7-11(18-4)14(12)17/h7H,5-6H2,1-4H3/i1D,2D,5D,6D. The maximum Gasteiger partial charge on any atom is 0.230 e. The SMILES string of the molecule is [2H]Cc1c2c(n(C)c1C([2H])C([2H])C[2H])C(=O)C=C(OC)C2=O. The maximum absolute atomic E-state index is 12.4. The van der Waals surface area contributed by atoms with Crippen molar-refractivity contribution in [2.75, 3.05) is 7.11 Å². The van der Waals surface area contributed by atoms with Crippen LogP contribution in [-0.4, -0.2) is 23.2 Å². The van der Waals surface area contributed by atoms with Crippen molar-refractivity contribution in [3.05, 3.63) is 34.3 Å². The molecule has 2 rings (SSSR count). The lowest BCUT2D eigenvalue weighted by Gasteiger charge is -2.12. The van der Waals surface area contributed by atoms with Gasteiger partial charge in [0.25, 0.3) is 0 Å². The van der Waals surface area contributed by atoms with Gasteiger partial charge in [-0.3, -0.25) is 9.59 Å². The van der Waals surface area contributed by atoms with Crippen LogP contribution < -0.4 is 0 Å². The van der Waals surface area contributed by atoms with E-state index in [1.54, 1.807) is 7.05 Å². The number of carbonyl (C=O) groups excluding carboxylic acids is 2. The Morgan fingerprint density at radius 2 is 2.28 bits per heavy atom. The largest absolute Gasteiger partial charge is 0.492 e. The van der Waals surface area contributed by atoms with Gasteiger partial charge >= 0.3 is 0 Å². The minimum absolute atomic E-state index is 0.0891. The molecule has 0 saturated carbocycles. The van der Waals surface area contributed by atoms with Crippen LogP contribution in [0.2, 0.25) is 0 Å². The van der Waals surface area contributed by atoms with Gasteiger partial charge in [-0.2, -0.15) is 0 Å². The van der Waals surface area contributed by atoms with Gasteiger partial charge in [0, 0.05) is 24.3 Å². The minimum Gasteiger partial charge on any atom is -0.492 e. The van der Waals surface area contributed by atoms with Crippen molar-refractivity contribution in [1.82, 2.24) is 4.57 Å². The van der Waals surface area contributed by atoms with E-state index in [4.69, 9.17) is 10.2 Å². The molecule has 18 heavy (non-hydrogen) atoms. The molecule has 0 N–H and O–H groups in total. The van der Waals surface area contributed by atoms with E-state index in [9.17, 15) is 9.59 Å². The van der Waals surface area contributed by atoms with Crippen molar-refractivity contribution in [3.8, 4) is 0 Å². The van der Waals surface area contributed by atoms with E-state index in [0.29, 0.717) is 0 Å². The zero-order chi connectivity index (χ0) is 16.6. The summed E-state index contributed by atoms with van der Waals surface area (Å²) in [6.45, 7) is -0.556. The van der Waals surface area contributed by atoms with Crippen molar-refractivity contribution in [1.29, 1.82) is 0 Å². The molecule has 96 valence electrons. The summed E-state index contributed by atoms with van der Waals surface area (Å²) in [6.07, 6.45) is -1.01. The molecule has 1 aromatic heterocycles. The number of rotatable bonds is 3. The number of allylic oxidation sites excluding steroid dienone is 2. The predicted octanol–water partition coefficient (Wildman–Crippen LogP) is 2.20. The number of aromatic nitrogens is 1. The summed E-state index contributed by atoms with van der Waals surface area (Å²) in [5, 5.41) is 0. The number of fused-ring (bicyclic) bond motifs is 1. The second-order valence-electron chi connectivity index (χ2n) is 3.95. The van der Waals surface area contributed by atoms with Gasteiger partial charge in [-0.25, -0.2) is 0 Å². The summed E-state index contributed by atoms with van der Waals surface area (Å²) in [4.78, 5) is 24.6. The molecule has 4 heteroatoms. The Morgan fingerprint density at radius 3 is 2.89 bits per heavy atom. The van der Waals surface area contributed by atoms with Crippen LogP contribution in [0, 0.1) is 6.90 Å². The first kappa shape index (κ1) is 8.29. The molecule has 1 aliphatic carbocycles. The molecule has 1 aromatic rings. The minimum atomic E-state index is -1.10. The van der Waals surface area contributed by atoms with Gasteiger partial charge in [0.05, 0.1) is 12.7 Å². The van der Waals surface area contributed by atoms with Gasteiger partial charge in [-0.05, 0) is 18.9 Å². The van der Waals surface area contributed by atoms with Gasteiger partial charge < -0.3 is 9.30 Å². The highest BCUT2D eigenvalue weighted by atomic mass is 16.5. The molecule has 2 unspecified atom stereocenters. The van der Waals surface area contributed by atoms with Crippen LogP contribution in [-0.2, 0) is 18.2 Å². The third kappa shape index (κ3) is 1.60. The Labute approximate surface area is 112 Å². The van der Waals surface area contributed by atoms with Crippen molar-refractivity contribution >= 4 is 11.6 Å². The predicted molar refractivity (Wildman–Crippen MR) is 67.9 cm³/mol. The molecule has 4 nitrogen and oxygen atoms in total. The van der Waals surface area contributed by atoms with E-state index in [0.717, 1.165) is 6.08 Å². The van der Waals surface area contributed by atoms with Crippen molar-refractivity contribution < 1.29 is 19.8 Å². The number of ether oxygens (including phenoxy) is 1. The number of nitrogens with zero attached hydrogens (tertiary/aromatic N) is 1. The fraction of sp³-hybridized carbons (Fsp3) is 0.429. The van der Waals surface area contributed by atoms with Gasteiger partial charge in [-0.1, -0.05) is 13.3 Å². The molecule has 0 saturated heterocycles. The first-order valence-electron chi connectivity index (χ1n) is 7.95. The molecule has 2 atom stereocenters. The molecule has 0 aliphatic heterocycles. The average molecular weight is 251 g/mol. The quantitative estimate of drug-likeness (QED) is 0.827. The molecule has 0 fully saturated rings. The lowest BCUT2D eigenvalue weighted by atomic mass is 9.96. The molecule has 0 bridgehead atoms. The lowest BCUT2D eigenvalue weighted by Crippen LogP contribution is -2.19. The summed E-state index contributed by atoms with van der Waals surface area (Å²) < 4.78 is 37.2. The smallest absolute Gasteiger partial charge is 0.230 e. The van der Waals surface area contributed by atoms with Crippen LogP contribution >= 0.6 is 0 Å². The Bertz CT molecular complexity index is 666. The Balaban J connectivity index is 2.70. The van der Waals surface area contributed by atoms with Crippen LogP contribution in [0.1, 0.15) is 50.9 Å². The van der Waals surface area contributed by atoms with Gasteiger partial charge in [0.15, 0.2) is 5.76 Å². The molecular weight excluding hydrogens is 230 g/mol. The third-order valence-electron chi connectivity index (χ3n) is 2.99. The summed E-state index contributed by atoms with van der Waals surface area (Å²) in [5.41, 5.74) is 0.757. The van der Waals surface area contributed by atoms with Gasteiger partial charge in [-0.15, -0.1) is 0 Å². The fourth-order valence-corrected chi connectivity index (χ4v) is 2.15. The number of methoxy groups -OCH3 is 1. The molecule has 1 heterocycles. The zero-order valence-corrected chi connectivity index (χ0v) is 10.3. The Hall–Kier alpha value is -1.84. The zero-order valence-electron chi connectivity index (χ0n) is 14.3. The van der Waals surface area contributed by atoms with Crippen molar-refractivity contribution in [2.24, 2.45) is 7.05 Å². The number of hydrogen-bond acceptors (Lipinski definition) is 3. The summed E-state index contributed by atoms with van der Waals surface area (Å²) in [6, 6.07) is 0. The van der Waals surface area contributed by atoms with E-state index in [1.807, 2.05) is 0 Å². The average Bonchev–Trinajstić information content (AvgIpc) is 2.82. The highest BCUT2D eigenvalue weighted by molar-refractivity contribution is 6.24. The first-order chi connectivity index (χ1) is 10.4. The maximum atomic E-state index is 12.4. The number of Topliss-reactive ketones (excluding diaryl/α,β-unsaturated/α-hetero) is 1. The monoisotopic (exact) mass is 251 g/mol. The molecule has 1 aliphatic rings. The number of hydrogen-bond donors (Lipinski definition) is 0. The van der Waals surface area contributed by atoms with Crippen molar-refractivity contribution in [3.63, 3.8) is 0 Å². The van der Waals surface area contributed by atoms with Crippen LogP contribution in [0.15, 0.2) is 11.8 Å². The Kier molecular flexibility index (Phi) is 2.05. The highest BCUT2D eigenvalue weighted by Crippen LogP contribution is 2.29. The van der Waals surface area contributed by atoms with Crippen LogP contribution in [0.4, 0.5) is 0 Å². The van der Waals surface area contributed by atoms with E-state index in [2.05, 4.69) is 0 Å². The van der Waals surface area contributed by atoms with Gasteiger partial charge in [0.1, 0.15) is 5.69 Å². The molecule has 0 radical (unpaired) electrons. The number of carbonyl (C=O) groups is 2. The van der Waals surface area contributed by atoms with E-state index < -0.39 is 24.4 Å². The molecular formula is C14H17NO3. The second kappa shape index (κ2) is 4.44. The lowest BCUT2D eigenvalue weighted by molar-refractivity contribution is 0.0913. The molecule has 0 aromatic carbocycles. The van der Waals surface area contributed by atoms with Crippen LogP contribution in [0.5, 0.6) is 0 Å². The van der Waals surface area contributed by atoms with E-state index in [1.165, 1.54) is 11.7 Å². The third-order valence-corrected chi connectivity index (χ3v) is 2.99. The van der Waals surface area contributed by atoms with Crippen molar-refractivity contribution in [2.45, 2.75) is 26.6 Å². The molecule has 0 spiro atoms. The highest BCUT2D eigenvalue weighted by Gasteiger charge is 2.33. The number of ketones is 2. The summed E-state index contributed by atoms with van der Waals surface area (Å²) in [7, 11) is 2.84. The van der Waals surface area contributed by atoms with Gasteiger partial charge in [0.2, 0.25) is 11.6 Å². The van der Waals surface area contributed by atoms with Crippen LogP contribution in [0.3, 0.4) is 0 Å². The fourth-order valence-electron chi connectivity index (χ4n) is 2.15. The first-order valence-corrected chi connectivity index (χ1v) is 5.38. The Morgan fingerprint density at radius 1 is 1.50 bits per heavy atom. The molecule has 0 amide bonds. The van der Waals surface area contributed by atoms with E-state index >= 15 is 0 Å². The second-order valence-corrected chi connectivity index (χ2v) is 3.95. The van der Waals surface area contributed by atoms with Crippen LogP contribution in [0.25, 0.3) is 0 Å². The summed E-state index contributed by atoms with van der Waals surface area (Å²) in [5.74, 6) is -0.996. The topological polar surface area (TPSA) is 48.3 Å². The summed E-state index contributed by atoms with van der Waals surface area (Å²) >= 11 is 0. The van der Waals surface area contributed by atoms with E-state index in [-0.39, 0.29) is 42.1 Å².